The van der Waals surface area contributed by atoms with Crippen molar-refractivity contribution < 1.29 is 14.3 Å². The molecule has 0 bridgehead atoms. The van der Waals surface area contributed by atoms with E-state index < -0.39 is 5.92 Å². The first-order valence-corrected chi connectivity index (χ1v) is 4.73. The van der Waals surface area contributed by atoms with E-state index in [9.17, 15) is 9.59 Å². The number of carbonyl (C=O) groups is 2. The largest absolute Gasteiger partial charge is 0.468 e. The lowest BCUT2D eigenvalue weighted by Crippen LogP contribution is -2.26. The molecule has 0 radical (unpaired) electrons. The van der Waals surface area contributed by atoms with E-state index in [-0.39, 0.29) is 17.7 Å². The first kappa shape index (κ1) is 10.2. The molecule has 3 atom stereocenters. The Morgan fingerprint density at radius 2 is 2.08 bits per heavy atom. The van der Waals surface area contributed by atoms with Gasteiger partial charge < -0.3 is 4.74 Å². The third-order valence-electron chi connectivity index (χ3n) is 2.71. The van der Waals surface area contributed by atoms with E-state index in [0.717, 1.165) is 6.42 Å². The second kappa shape index (κ2) is 3.90. The summed E-state index contributed by atoms with van der Waals surface area (Å²) in [5.74, 6) is -0.261. The van der Waals surface area contributed by atoms with E-state index in [1.165, 1.54) is 7.11 Å². The summed E-state index contributed by atoms with van der Waals surface area (Å²) in [6.07, 6.45) is 1.49. The average molecular weight is 184 g/mol. The Balaban J connectivity index is 2.56. The number of Topliss-reactive ketones (excluding diaryl/α,β-unsaturated/α-hetero) is 1. The minimum Gasteiger partial charge on any atom is -0.468 e. The number of esters is 1. The van der Waals surface area contributed by atoms with Crippen molar-refractivity contribution in [1.29, 1.82) is 0 Å². The van der Waals surface area contributed by atoms with E-state index in [1.807, 2.05) is 13.8 Å². The van der Waals surface area contributed by atoms with Crippen LogP contribution < -0.4 is 0 Å². The minimum absolute atomic E-state index is 0.0712. The summed E-state index contributed by atoms with van der Waals surface area (Å²) in [4.78, 5) is 22.8. The number of rotatable bonds is 4. The summed E-state index contributed by atoms with van der Waals surface area (Å²) in [6, 6.07) is 0. The van der Waals surface area contributed by atoms with Crippen molar-refractivity contribution in [2.75, 3.05) is 7.11 Å². The van der Waals surface area contributed by atoms with E-state index in [2.05, 4.69) is 4.74 Å². The topological polar surface area (TPSA) is 43.4 Å². The van der Waals surface area contributed by atoms with Gasteiger partial charge in [0.05, 0.1) is 7.11 Å². The van der Waals surface area contributed by atoms with Crippen LogP contribution in [0.25, 0.3) is 0 Å². The summed E-state index contributed by atoms with van der Waals surface area (Å²) in [5, 5.41) is 0. The molecule has 1 aliphatic carbocycles. The van der Waals surface area contributed by atoms with Crippen molar-refractivity contribution in [3.63, 3.8) is 0 Å². The lowest BCUT2D eigenvalue weighted by molar-refractivity contribution is -0.149. The molecule has 1 rings (SSSR count). The maximum atomic E-state index is 11.6. The molecule has 0 aliphatic heterocycles. The van der Waals surface area contributed by atoms with Crippen LogP contribution in [0.2, 0.25) is 0 Å². The highest BCUT2D eigenvalue weighted by Gasteiger charge is 2.43. The number of hydrogen-bond donors (Lipinski definition) is 0. The van der Waals surface area contributed by atoms with Crippen LogP contribution in [-0.4, -0.2) is 18.9 Å². The first-order chi connectivity index (χ1) is 6.11. The molecule has 1 saturated carbocycles. The zero-order valence-electron chi connectivity index (χ0n) is 8.37. The minimum atomic E-state index is -0.528. The molecule has 0 amide bonds. The van der Waals surface area contributed by atoms with Crippen molar-refractivity contribution in [3.05, 3.63) is 0 Å². The fourth-order valence-corrected chi connectivity index (χ4v) is 1.60. The summed E-state index contributed by atoms with van der Waals surface area (Å²) >= 11 is 0. The molecule has 0 saturated heterocycles. The summed E-state index contributed by atoms with van der Waals surface area (Å²) in [7, 11) is 1.33. The Morgan fingerprint density at radius 1 is 1.54 bits per heavy atom. The van der Waals surface area contributed by atoms with Crippen molar-refractivity contribution in [3.8, 4) is 0 Å². The summed E-state index contributed by atoms with van der Waals surface area (Å²) in [5.41, 5.74) is 0. The van der Waals surface area contributed by atoms with Crippen LogP contribution in [0, 0.1) is 17.8 Å². The molecule has 0 spiro atoms. The highest BCUT2D eigenvalue weighted by Crippen LogP contribution is 2.40. The molecule has 0 heterocycles. The average Bonchev–Trinajstić information content (AvgIpc) is 2.83. The number of methoxy groups -OCH3 is 1. The van der Waals surface area contributed by atoms with Gasteiger partial charge in [0.1, 0.15) is 11.7 Å². The molecule has 3 unspecified atom stereocenters. The van der Waals surface area contributed by atoms with Gasteiger partial charge in [0.2, 0.25) is 0 Å². The molecule has 3 heteroatoms. The van der Waals surface area contributed by atoms with Crippen LogP contribution in [0.1, 0.15) is 26.7 Å². The Labute approximate surface area is 78.5 Å². The number of carbonyl (C=O) groups excluding carboxylic acids is 2. The van der Waals surface area contributed by atoms with E-state index in [4.69, 9.17) is 0 Å². The quantitative estimate of drug-likeness (QED) is 0.490. The van der Waals surface area contributed by atoms with E-state index >= 15 is 0 Å². The van der Waals surface area contributed by atoms with E-state index in [0.29, 0.717) is 12.3 Å². The smallest absolute Gasteiger partial charge is 0.316 e. The van der Waals surface area contributed by atoms with Gasteiger partial charge in [-0.1, -0.05) is 13.8 Å². The monoisotopic (exact) mass is 184 g/mol. The molecule has 0 aromatic heterocycles. The third-order valence-corrected chi connectivity index (χ3v) is 2.71. The van der Waals surface area contributed by atoms with Crippen molar-refractivity contribution in [2.45, 2.75) is 26.7 Å². The van der Waals surface area contributed by atoms with Gasteiger partial charge in [-0.2, -0.15) is 0 Å². The SMILES string of the molecule is CCC(C(=O)OC)C(=O)C1CC1C. The van der Waals surface area contributed by atoms with Gasteiger partial charge in [0, 0.05) is 5.92 Å². The molecule has 74 valence electrons. The Morgan fingerprint density at radius 3 is 2.38 bits per heavy atom. The van der Waals surface area contributed by atoms with Crippen molar-refractivity contribution >= 4 is 11.8 Å². The van der Waals surface area contributed by atoms with Gasteiger partial charge in [-0.05, 0) is 18.8 Å². The van der Waals surface area contributed by atoms with Crippen molar-refractivity contribution in [1.82, 2.24) is 0 Å². The van der Waals surface area contributed by atoms with Crippen LogP contribution in [-0.2, 0) is 14.3 Å². The lowest BCUT2D eigenvalue weighted by Gasteiger charge is -2.10. The number of hydrogen-bond acceptors (Lipinski definition) is 3. The molecular weight excluding hydrogens is 168 g/mol. The number of ether oxygens (including phenoxy) is 1. The van der Waals surface area contributed by atoms with Gasteiger partial charge in [-0.15, -0.1) is 0 Å². The maximum Gasteiger partial charge on any atom is 0.316 e. The van der Waals surface area contributed by atoms with Gasteiger partial charge in [0.15, 0.2) is 0 Å². The van der Waals surface area contributed by atoms with Crippen molar-refractivity contribution in [2.24, 2.45) is 17.8 Å². The van der Waals surface area contributed by atoms with Gasteiger partial charge in [0.25, 0.3) is 0 Å². The molecule has 0 aromatic rings. The van der Waals surface area contributed by atoms with Gasteiger partial charge in [-0.25, -0.2) is 0 Å². The standard InChI is InChI=1S/C10H16O3/c1-4-7(10(12)13-3)9(11)8-5-6(8)2/h6-8H,4-5H2,1-3H3. The Hall–Kier alpha value is -0.860. The highest BCUT2D eigenvalue weighted by atomic mass is 16.5. The predicted octanol–water partition coefficient (Wildman–Crippen LogP) is 1.41. The molecule has 0 aromatic carbocycles. The Bertz CT molecular complexity index is 222. The Kier molecular flexibility index (Phi) is 3.07. The lowest BCUT2D eigenvalue weighted by atomic mass is 9.97. The van der Waals surface area contributed by atoms with Crippen LogP contribution >= 0.6 is 0 Å². The van der Waals surface area contributed by atoms with Crippen LogP contribution in [0.4, 0.5) is 0 Å². The summed E-state index contributed by atoms with van der Waals surface area (Å²) < 4.78 is 4.58. The molecule has 3 nitrogen and oxygen atoms in total. The molecule has 1 aliphatic rings. The normalized spacial score (nSPS) is 27.9. The van der Waals surface area contributed by atoms with Crippen LogP contribution in [0.15, 0.2) is 0 Å². The van der Waals surface area contributed by atoms with Crippen LogP contribution in [0.3, 0.4) is 0 Å². The molecule has 1 fully saturated rings. The van der Waals surface area contributed by atoms with Gasteiger partial charge in [-0.3, -0.25) is 9.59 Å². The zero-order chi connectivity index (χ0) is 10.0. The van der Waals surface area contributed by atoms with E-state index in [1.54, 1.807) is 0 Å². The van der Waals surface area contributed by atoms with Crippen LogP contribution in [0.5, 0.6) is 0 Å². The molecule has 0 N–H and O–H groups in total. The first-order valence-electron chi connectivity index (χ1n) is 4.73. The molecular formula is C10H16O3. The number of ketones is 1. The zero-order valence-corrected chi connectivity index (χ0v) is 8.37. The fraction of sp³-hybridized carbons (Fsp3) is 0.800. The second-order valence-corrected chi connectivity index (χ2v) is 3.71. The van der Waals surface area contributed by atoms with Gasteiger partial charge >= 0.3 is 5.97 Å². The maximum absolute atomic E-state index is 11.6. The second-order valence-electron chi connectivity index (χ2n) is 3.71. The molecule has 13 heavy (non-hydrogen) atoms. The highest BCUT2D eigenvalue weighted by molar-refractivity contribution is 6.01. The fourth-order valence-electron chi connectivity index (χ4n) is 1.60. The predicted molar refractivity (Wildman–Crippen MR) is 48.1 cm³/mol. The third kappa shape index (κ3) is 2.08. The summed E-state index contributed by atoms with van der Waals surface area (Å²) in [6.45, 7) is 3.87.